The zero-order valence-corrected chi connectivity index (χ0v) is 20.4. The van der Waals surface area contributed by atoms with Crippen LogP contribution in [0.5, 0.6) is 0 Å². The number of carbonyl (C=O) groups is 1. The van der Waals surface area contributed by atoms with Crippen LogP contribution < -0.4 is 0 Å². The third-order valence-corrected chi connectivity index (χ3v) is 7.13. The molecule has 0 aromatic heterocycles. The van der Waals surface area contributed by atoms with Gasteiger partial charge in [0.25, 0.3) is 11.8 Å². The summed E-state index contributed by atoms with van der Waals surface area (Å²) in [6.45, 7) is 6.71. The van der Waals surface area contributed by atoms with Crippen molar-refractivity contribution in [1.29, 1.82) is 0 Å². The Balaban J connectivity index is 1.63. The average Bonchev–Trinajstić information content (AvgIpc) is 2.76. The van der Waals surface area contributed by atoms with Crippen molar-refractivity contribution in [3.05, 3.63) is 67.9 Å². The summed E-state index contributed by atoms with van der Waals surface area (Å²) in [5.41, 5.74) is 4.39. The summed E-state index contributed by atoms with van der Waals surface area (Å²) >= 11 is 13.2. The van der Waals surface area contributed by atoms with Gasteiger partial charge in [-0.2, -0.15) is 0 Å². The molecule has 1 unspecified atom stereocenters. The number of nitrogens with zero attached hydrogens (tertiary/aromatic N) is 2. The predicted molar refractivity (Wildman–Crippen MR) is 128 cm³/mol. The van der Waals surface area contributed by atoms with E-state index in [9.17, 15) is 13.6 Å². The monoisotopic (exact) mass is 494 g/mol. The van der Waals surface area contributed by atoms with Crippen molar-refractivity contribution >= 4 is 34.8 Å². The van der Waals surface area contributed by atoms with E-state index in [1.54, 1.807) is 23.1 Å². The van der Waals surface area contributed by atoms with Crippen LogP contribution in [-0.2, 0) is 11.2 Å². The number of alkyl halides is 2. The van der Waals surface area contributed by atoms with Gasteiger partial charge in [0.1, 0.15) is 0 Å². The van der Waals surface area contributed by atoms with Crippen molar-refractivity contribution in [2.24, 2.45) is 10.9 Å². The Hall–Kier alpha value is -2.02. The summed E-state index contributed by atoms with van der Waals surface area (Å²) in [5, 5.41) is 0.787. The molecule has 1 saturated heterocycles. The van der Waals surface area contributed by atoms with Crippen LogP contribution in [0.4, 0.5) is 8.78 Å². The molecule has 2 aliphatic heterocycles. The lowest BCUT2D eigenvalue weighted by molar-refractivity contribution is 0.0303. The minimum absolute atomic E-state index is 0.0283. The minimum Gasteiger partial charge on any atom is -0.378 e. The van der Waals surface area contributed by atoms with E-state index in [2.05, 4.69) is 0 Å². The van der Waals surface area contributed by atoms with Crippen LogP contribution in [-0.4, -0.2) is 48.7 Å². The summed E-state index contributed by atoms with van der Waals surface area (Å²) in [5.74, 6) is -3.22. The molecule has 0 N–H and O–H groups in total. The zero-order chi connectivity index (χ0) is 23.9. The van der Waals surface area contributed by atoms with Crippen molar-refractivity contribution < 1.29 is 18.3 Å². The molecule has 0 spiro atoms. The Bertz CT molecular complexity index is 1110. The summed E-state index contributed by atoms with van der Waals surface area (Å²) in [4.78, 5) is 19.6. The van der Waals surface area contributed by atoms with E-state index in [0.29, 0.717) is 60.3 Å². The molecule has 176 valence electrons. The maximum Gasteiger partial charge on any atom is 0.270 e. The fraction of sp³-hybridized carbons (Fsp3) is 0.440. The molecule has 1 aliphatic carbocycles. The van der Waals surface area contributed by atoms with E-state index < -0.39 is 5.92 Å². The molecule has 1 aromatic carbocycles. The Labute approximate surface area is 202 Å². The first-order valence-corrected chi connectivity index (χ1v) is 11.7. The van der Waals surface area contributed by atoms with Gasteiger partial charge in [0.15, 0.2) is 0 Å². The molecule has 1 fully saturated rings. The largest absolute Gasteiger partial charge is 0.378 e. The van der Waals surface area contributed by atoms with E-state index >= 15 is 0 Å². The van der Waals surface area contributed by atoms with Crippen LogP contribution in [0.3, 0.4) is 0 Å². The molecule has 2 heterocycles. The van der Waals surface area contributed by atoms with Crippen LogP contribution in [0.1, 0.15) is 43.1 Å². The maximum absolute atomic E-state index is 13.9. The molecule has 1 atom stereocenters. The maximum atomic E-state index is 13.9. The number of fused-ring (bicyclic) bond motifs is 1. The van der Waals surface area contributed by atoms with E-state index in [1.165, 1.54) is 6.08 Å². The number of amides is 1. The van der Waals surface area contributed by atoms with Gasteiger partial charge in [0, 0.05) is 48.6 Å². The third-order valence-electron chi connectivity index (χ3n) is 6.35. The Morgan fingerprint density at radius 2 is 1.94 bits per heavy atom. The molecule has 4 nitrogen and oxygen atoms in total. The predicted octanol–water partition coefficient (Wildman–Crippen LogP) is 6.28. The summed E-state index contributed by atoms with van der Waals surface area (Å²) < 4.78 is 33.1. The lowest BCUT2D eigenvalue weighted by atomic mass is 9.81. The van der Waals surface area contributed by atoms with E-state index in [1.807, 2.05) is 13.8 Å². The number of hydrogen-bond donors (Lipinski definition) is 0. The van der Waals surface area contributed by atoms with Crippen LogP contribution in [0.15, 0.2) is 51.7 Å². The molecule has 33 heavy (non-hydrogen) atoms. The first kappa shape index (κ1) is 24.1. The van der Waals surface area contributed by atoms with Crippen molar-refractivity contribution in [3.8, 4) is 0 Å². The molecule has 1 aromatic rings. The van der Waals surface area contributed by atoms with Crippen LogP contribution in [0.25, 0.3) is 0 Å². The smallest absolute Gasteiger partial charge is 0.270 e. The summed E-state index contributed by atoms with van der Waals surface area (Å²) in [7, 11) is 0. The number of benzene rings is 1. The van der Waals surface area contributed by atoms with Crippen LogP contribution in [0.2, 0.25) is 10.0 Å². The molecule has 1 amide bonds. The van der Waals surface area contributed by atoms with Crippen molar-refractivity contribution in [1.82, 2.24) is 4.90 Å². The average molecular weight is 495 g/mol. The number of allylic oxidation sites excluding steroid dienone is 6. The lowest BCUT2D eigenvalue weighted by Gasteiger charge is -2.30. The summed E-state index contributed by atoms with van der Waals surface area (Å²) in [6, 6.07) is 3.34. The molecule has 0 saturated carbocycles. The van der Waals surface area contributed by atoms with Gasteiger partial charge >= 0.3 is 0 Å². The fourth-order valence-corrected chi connectivity index (χ4v) is 5.04. The Morgan fingerprint density at radius 1 is 1.24 bits per heavy atom. The van der Waals surface area contributed by atoms with Crippen molar-refractivity contribution in [2.75, 3.05) is 26.3 Å². The van der Waals surface area contributed by atoms with Gasteiger partial charge in [0.2, 0.25) is 0 Å². The molecular weight excluding hydrogens is 469 g/mol. The van der Waals surface area contributed by atoms with Gasteiger partial charge in [-0.3, -0.25) is 9.79 Å². The Morgan fingerprint density at radius 3 is 2.61 bits per heavy atom. The number of halogens is 4. The topological polar surface area (TPSA) is 41.9 Å². The number of morpholine rings is 1. The molecule has 0 bridgehead atoms. The first-order valence-electron chi connectivity index (χ1n) is 11.0. The number of carbonyl (C=O) groups excluding carboxylic acids is 1. The van der Waals surface area contributed by atoms with Gasteiger partial charge in [0.05, 0.1) is 29.5 Å². The van der Waals surface area contributed by atoms with Crippen LogP contribution >= 0.6 is 23.2 Å². The van der Waals surface area contributed by atoms with E-state index in [4.69, 9.17) is 32.9 Å². The number of hydrogen-bond acceptors (Lipinski definition) is 3. The van der Waals surface area contributed by atoms with Gasteiger partial charge in [-0.25, -0.2) is 8.78 Å². The standard InChI is InChI=1S/C25H26Cl2F2N2O2/c1-14-10-16-12-17(25(3,28)29)11-15(2)23(16)30-21(14)13-19-20(26)5-4-18(22(19)27)24(32)31-6-8-33-9-7-31/h4-5,11-12,16H,6-10,13H2,1-3H3. The van der Waals surface area contributed by atoms with Crippen LogP contribution in [0, 0.1) is 5.92 Å². The second kappa shape index (κ2) is 9.32. The highest BCUT2D eigenvalue weighted by Crippen LogP contribution is 2.39. The highest BCUT2D eigenvalue weighted by atomic mass is 35.5. The highest BCUT2D eigenvalue weighted by molar-refractivity contribution is 6.38. The molecular formula is C25H26Cl2F2N2O2. The Kier molecular flexibility index (Phi) is 6.81. The molecule has 3 aliphatic rings. The van der Waals surface area contributed by atoms with Gasteiger partial charge in [-0.15, -0.1) is 0 Å². The van der Waals surface area contributed by atoms with Crippen molar-refractivity contribution in [3.63, 3.8) is 0 Å². The minimum atomic E-state index is -2.89. The van der Waals surface area contributed by atoms with E-state index in [0.717, 1.165) is 29.5 Å². The molecule has 0 radical (unpaired) electrons. The normalized spacial score (nSPS) is 21.4. The SMILES string of the molecule is CC1=CC(C(C)(F)F)=CC2CC(C)=C(Cc3c(Cl)ccc(C(=O)N4CCOCC4)c3Cl)N=C12. The molecule has 4 rings (SSSR count). The lowest BCUT2D eigenvalue weighted by Crippen LogP contribution is -2.40. The number of ether oxygens (including phenoxy) is 1. The molecule has 8 heteroatoms. The quantitative estimate of drug-likeness (QED) is 0.493. The zero-order valence-electron chi connectivity index (χ0n) is 18.9. The first-order chi connectivity index (χ1) is 15.6. The highest BCUT2D eigenvalue weighted by Gasteiger charge is 2.33. The van der Waals surface area contributed by atoms with Gasteiger partial charge in [-0.05, 0) is 49.6 Å². The summed E-state index contributed by atoms with van der Waals surface area (Å²) in [6.07, 6.45) is 4.08. The second-order valence-corrected chi connectivity index (χ2v) is 9.63. The third kappa shape index (κ3) is 4.93. The van der Waals surface area contributed by atoms with Gasteiger partial charge in [-0.1, -0.05) is 34.9 Å². The van der Waals surface area contributed by atoms with Crippen molar-refractivity contribution in [2.45, 2.75) is 39.5 Å². The second-order valence-electron chi connectivity index (χ2n) is 8.84. The number of aliphatic imine (C=N–C) groups is 1. The van der Waals surface area contributed by atoms with E-state index in [-0.39, 0.29) is 17.4 Å². The van der Waals surface area contributed by atoms with Gasteiger partial charge < -0.3 is 9.64 Å². The fourth-order valence-electron chi connectivity index (χ4n) is 4.45. The number of rotatable bonds is 4.